The first kappa shape index (κ1) is 77.3. The van der Waals surface area contributed by atoms with Crippen LogP contribution in [0.3, 0.4) is 0 Å². The average Bonchev–Trinajstić information content (AvgIpc) is 1.63. The molecule has 108 heavy (non-hydrogen) atoms. The van der Waals surface area contributed by atoms with E-state index in [0.29, 0.717) is 83.0 Å². The fourth-order valence-electron chi connectivity index (χ4n) is 13.3. The topological polar surface area (TPSA) is 347 Å². The summed E-state index contributed by atoms with van der Waals surface area (Å²) in [7, 11) is 0. The SMILES string of the molecule is CC(C)NC(=O)Nc1ccc2c(c1)nc(NC(=O)c1cccc(C(F)(F)F)c1)n2-c1ccc(CO)cc1.CCNC(=O)Nc1ccc2c(c1)nc(NC(=O)c1cccc(C(F)(F)F)c1)n2C1CCC(CO)CC1.O=C(Nc1nc2cc(CN3CCCC3=O)ccc2n1C1CCC(O)CC1)c1cccc([N+](=O)[O-])c1. The predicted octanol–water partition coefficient (Wildman–Crippen LogP) is 14.3. The van der Waals surface area contributed by atoms with Crippen LogP contribution in [-0.2, 0) is 30.3 Å². The molecule has 8 amide bonds. The van der Waals surface area contributed by atoms with Gasteiger partial charge in [0.25, 0.3) is 23.4 Å². The predicted molar refractivity (Wildman–Crippen MR) is 393 cm³/mol. The number of nitrogens with one attached hydrogen (secondary N) is 7. The second-order valence-electron chi connectivity index (χ2n) is 26.7. The maximum absolute atomic E-state index is 13.1. The fourth-order valence-corrected chi connectivity index (χ4v) is 13.3. The molecule has 3 aromatic heterocycles. The molecular weight excluding hydrogens is 1410 g/mol. The zero-order chi connectivity index (χ0) is 77.1. The number of hydrogen-bond donors (Lipinski definition) is 10. The molecule has 10 N–H and O–H groups in total. The van der Waals surface area contributed by atoms with Crippen molar-refractivity contribution in [2.24, 2.45) is 5.92 Å². The maximum atomic E-state index is 13.1. The number of non-ortho nitro benzene ring substituents is 1. The highest BCUT2D eigenvalue weighted by Gasteiger charge is 2.34. The Morgan fingerprint density at radius 3 is 1.56 bits per heavy atom. The van der Waals surface area contributed by atoms with E-state index < -0.39 is 52.2 Å². The van der Waals surface area contributed by atoms with Gasteiger partial charge in [-0.2, -0.15) is 26.3 Å². The molecule has 3 aliphatic rings. The summed E-state index contributed by atoms with van der Waals surface area (Å²) in [6.45, 7) is 7.15. The number of aliphatic hydroxyl groups excluding tert-OH is 3. The molecule has 0 unspecified atom stereocenters. The van der Waals surface area contributed by atoms with Crippen molar-refractivity contribution in [1.82, 2.24) is 44.2 Å². The second-order valence-corrected chi connectivity index (χ2v) is 26.7. The molecule has 1 aliphatic heterocycles. The van der Waals surface area contributed by atoms with Crippen LogP contribution < -0.4 is 37.2 Å². The van der Waals surface area contributed by atoms with Gasteiger partial charge in [-0.1, -0.05) is 36.4 Å². The number of halogens is 6. The van der Waals surface area contributed by atoms with Gasteiger partial charge in [0.05, 0.1) is 61.9 Å². The summed E-state index contributed by atoms with van der Waals surface area (Å²) in [4.78, 5) is 101. The third-order valence-corrected chi connectivity index (χ3v) is 18.7. The highest BCUT2D eigenvalue weighted by molar-refractivity contribution is 6.06. The number of fused-ring (bicyclic) bond motifs is 3. The van der Waals surface area contributed by atoms with Crippen LogP contribution in [0.4, 0.5) is 70.8 Å². The minimum atomic E-state index is -4.59. The molecule has 0 spiro atoms. The van der Waals surface area contributed by atoms with Crippen LogP contribution >= 0.6 is 0 Å². The number of nitrogens with zero attached hydrogens (tertiary/aromatic N) is 8. The number of nitro benzene ring substituents is 1. The molecule has 0 radical (unpaired) electrons. The Hall–Kier alpha value is -11.8. The molecular formula is C76H79F6N15O11. The quantitative estimate of drug-likeness (QED) is 0.0217. The maximum Gasteiger partial charge on any atom is 0.416 e. The van der Waals surface area contributed by atoms with Gasteiger partial charge in [0.15, 0.2) is 0 Å². The molecule has 26 nitrogen and oxygen atoms in total. The molecule has 1 saturated heterocycles. The minimum absolute atomic E-state index is 0.0168. The van der Waals surface area contributed by atoms with Crippen molar-refractivity contribution in [1.29, 1.82) is 0 Å². The fraction of sp³-hybridized carbons (Fsp3) is 0.329. The summed E-state index contributed by atoms with van der Waals surface area (Å²) in [6, 6.07) is 36.0. The lowest BCUT2D eigenvalue weighted by Gasteiger charge is -2.29. The monoisotopic (exact) mass is 1490 g/mol. The van der Waals surface area contributed by atoms with E-state index in [-0.39, 0.29) is 89.6 Å². The molecule has 0 bridgehead atoms. The molecule has 7 aromatic carbocycles. The van der Waals surface area contributed by atoms with Crippen molar-refractivity contribution in [3.8, 4) is 5.69 Å². The molecule has 566 valence electrons. The Kier molecular flexibility index (Phi) is 24.2. The Balaban J connectivity index is 0.000000161. The number of aromatic nitrogens is 6. The largest absolute Gasteiger partial charge is 0.416 e. The number of aliphatic hydroxyl groups is 3. The number of nitro groups is 1. The van der Waals surface area contributed by atoms with E-state index in [2.05, 4.69) is 47.2 Å². The van der Waals surface area contributed by atoms with Crippen LogP contribution in [0.5, 0.6) is 0 Å². The molecule has 0 atom stereocenters. The molecule has 32 heteroatoms. The molecule has 3 fully saturated rings. The zero-order valence-electron chi connectivity index (χ0n) is 58.9. The lowest BCUT2D eigenvalue weighted by atomic mass is 9.86. The summed E-state index contributed by atoms with van der Waals surface area (Å²) in [5.41, 5.74) is 4.86. The van der Waals surface area contributed by atoms with Gasteiger partial charge in [-0.3, -0.25) is 49.8 Å². The van der Waals surface area contributed by atoms with Gasteiger partial charge in [0.2, 0.25) is 23.8 Å². The van der Waals surface area contributed by atoms with Crippen molar-refractivity contribution < 1.29 is 75.4 Å². The smallest absolute Gasteiger partial charge is 0.396 e. The lowest BCUT2D eigenvalue weighted by molar-refractivity contribution is -0.384. The number of carbonyl (C=O) groups is 6. The number of hydrogen-bond acceptors (Lipinski definition) is 14. The second kappa shape index (κ2) is 33.8. The van der Waals surface area contributed by atoms with Crippen molar-refractivity contribution in [2.45, 2.75) is 135 Å². The van der Waals surface area contributed by atoms with E-state index >= 15 is 0 Å². The van der Waals surface area contributed by atoms with Crippen LogP contribution in [0.15, 0.2) is 152 Å². The van der Waals surface area contributed by atoms with Crippen LogP contribution in [0, 0.1) is 16.0 Å². The number of alkyl halides is 6. The van der Waals surface area contributed by atoms with Gasteiger partial charge in [-0.15, -0.1) is 0 Å². The number of anilines is 5. The van der Waals surface area contributed by atoms with E-state index in [1.807, 2.05) is 46.1 Å². The van der Waals surface area contributed by atoms with Crippen molar-refractivity contribution in [2.75, 3.05) is 46.3 Å². The van der Waals surface area contributed by atoms with Crippen molar-refractivity contribution >= 4 is 104 Å². The van der Waals surface area contributed by atoms with Crippen LogP contribution in [0.25, 0.3) is 38.8 Å². The van der Waals surface area contributed by atoms with Crippen LogP contribution in [0.2, 0.25) is 0 Å². The van der Waals surface area contributed by atoms with Crippen LogP contribution in [0.1, 0.15) is 150 Å². The standard InChI is InChI=1S/C26H24F3N5O3.C25H28F3N5O3.C25H27N5O5/c1-15(2)30-25(37)31-19-8-11-22-21(13-19)32-24(34(22)20-9-6-16(14-35)7-10-20)33-23(36)17-4-3-5-18(12-17)26(27,28)29;1-2-29-24(36)30-18-8-11-21-20(13-18)31-23(33(21)19-9-6-15(14-34)7-10-19)32-22(35)16-4-3-5-17(12-16)25(26,27)28;31-20-9-7-18(8-10-20)29-22-11-6-16(15-28-12-2-5-23(28)32)13-21(22)26-25(29)27-24(33)17-3-1-4-19(14-17)30(34)35/h3-13,15,35H,14H2,1-2H3,(H2,30,31,37)(H,32,33,36);3-5,8,11-13,15,19,34H,2,6-7,9-10,14H2,1H3,(H2,29,30,36)(H,31,32,35);1,3-4,6,11,13-14,18,20,31H,2,5,7-10,12,15H2,(H,26,27,33). The third-order valence-electron chi connectivity index (χ3n) is 18.7. The van der Waals surface area contributed by atoms with E-state index in [1.165, 1.54) is 42.5 Å². The number of urea groups is 2. The molecule has 13 rings (SSSR count). The summed E-state index contributed by atoms with van der Waals surface area (Å²) < 4.78 is 84.4. The average molecular weight is 1490 g/mol. The lowest BCUT2D eigenvalue weighted by Crippen LogP contribution is -2.34. The molecule has 10 aromatic rings. The summed E-state index contributed by atoms with van der Waals surface area (Å²) in [6.07, 6.45) is -2.10. The number of carbonyl (C=O) groups excluding carboxylic acids is 6. The molecule has 4 heterocycles. The number of likely N-dealkylation sites (tertiary alicyclic amines) is 1. The molecule has 2 saturated carbocycles. The number of benzene rings is 7. The first-order valence-electron chi connectivity index (χ1n) is 35.1. The van der Waals surface area contributed by atoms with Crippen molar-refractivity contribution in [3.05, 3.63) is 201 Å². The van der Waals surface area contributed by atoms with E-state index in [0.717, 1.165) is 98.4 Å². The number of amides is 8. The first-order valence-corrected chi connectivity index (χ1v) is 35.1. The van der Waals surface area contributed by atoms with Gasteiger partial charge in [-0.25, -0.2) is 24.5 Å². The Labute approximate surface area is 614 Å². The summed E-state index contributed by atoms with van der Waals surface area (Å²) in [5, 5.41) is 58.9. The van der Waals surface area contributed by atoms with E-state index in [1.54, 1.807) is 72.2 Å². The van der Waals surface area contributed by atoms with Gasteiger partial charge in [0.1, 0.15) is 0 Å². The Morgan fingerprint density at radius 1 is 0.574 bits per heavy atom. The van der Waals surface area contributed by atoms with Gasteiger partial charge >= 0.3 is 24.4 Å². The zero-order valence-corrected chi connectivity index (χ0v) is 58.9. The summed E-state index contributed by atoms with van der Waals surface area (Å²) in [5.74, 6) is -0.940. The van der Waals surface area contributed by atoms with E-state index in [9.17, 15) is 80.5 Å². The summed E-state index contributed by atoms with van der Waals surface area (Å²) >= 11 is 0. The van der Waals surface area contributed by atoms with Gasteiger partial charge < -0.3 is 50.6 Å². The highest BCUT2D eigenvalue weighted by atomic mass is 19.4. The van der Waals surface area contributed by atoms with Gasteiger partial charge in [-0.05, 0) is 199 Å². The van der Waals surface area contributed by atoms with Gasteiger partial charge in [0, 0.05) is 96.7 Å². The number of imidazole rings is 3. The minimum Gasteiger partial charge on any atom is -0.396 e. The van der Waals surface area contributed by atoms with Crippen molar-refractivity contribution in [3.63, 3.8) is 0 Å². The number of rotatable bonds is 18. The molecule has 2 aliphatic carbocycles. The first-order chi connectivity index (χ1) is 51.6. The highest BCUT2D eigenvalue weighted by Crippen LogP contribution is 2.40. The normalized spacial score (nSPS) is 16.6. The Bertz CT molecular complexity index is 4970. The van der Waals surface area contributed by atoms with E-state index in [4.69, 9.17) is 4.98 Å². The van der Waals surface area contributed by atoms with Crippen LogP contribution in [-0.4, -0.2) is 121 Å². The Morgan fingerprint density at radius 2 is 1.06 bits per heavy atom. The third kappa shape index (κ3) is 18.9.